The van der Waals surface area contributed by atoms with Crippen molar-refractivity contribution in [3.05, 3.63) is 41.1 Å². The molecular formula is C16H17NO4. The van der Waals surface area contributed by atoms with Gasteiger partial charge in [-0.2, -0.15) is 0 Å². The molecule has 0 radical (unpaired) electrons. The van der Waals surface area contributed by atoms with Crippen molar-refractivity contribution >= 4 is 5.97 Å². The van der Waals surface area contributed by atoms with Crippen molar-refractivity contribution < 1.29 is 19.4 Å². The molecule has 0 saturated heterocycles. The second-order valence-corrected chi connectivity index (χ2v) is 4.66. The average Bonchev–Trinajstić information content (AvgIpc) is 2.46. The number of pyridine rings is 1. The lowest BCUT2D eigenvalue weighted by molar-refractivity contribution is 0.0692. The summed E-state index contributed by atoms with van der Waals surface area (Å²) in [6.45, 7) is 3.77. The van der Waals surface area contributed by atoms with Gasteiger partial charge in [0.15, 0.2) is 0 Å². The number of rotatable bonds is 4. The number of hydrogen-bond acceptors (Lipinski definition) is 4. The van der Waals surface area contributed by atoms with Crippen molar-refractivity contribution in [1.82, 2.24) is 4.98 Å². The number of benzene rings is 1. The molecule has 0 amide bonds. The fourth-order valence-corrected chi connectivity index (χ4v) is 2.23. The van der Waals surface area contributed by atoms with Crippen LogP contribution in [0.25, 0.3) is 11.1 Å². The maximum atomic E-state index is 11.3. The minimum Gasteiger partial charge on any atom is -0.497 e. The van der Waals surface area contributed by atoms with Crippen LogP contribution in [0, 0.1) is 13.8 Å². The Labute approximate surface area is 123 Å². The summed E-state index contributed by atoms with van der Waals surface area (Å²) >= 11 is 0. The van der Waals surface area contributed by atoms with Crippen LogP contribution in [0.15, 0.2) is 24.3 Å². The predicted molar refractivity (Wildman–Crippen MR) is 79.2 cm³/mol. The quantitative estimate of drug-likeness (QED) is 0.935. The van der Waals surface area contributed by atoms with E-state index in [1.54, 1.807) is 13.2 Å². The molecule has 0 saturated carbocycles. The SMILES string of the molecule is COc1ccc(-c2cc(C(=O)O)c(OC)nc2C)c(C)c1. The van der Waals surface area contributed by atoms with Crippen LogP contribution in [-0.4, -0.2) is 30.3 Å². The highest BCUT2D eigenvalue weighted by Crippen LogP contribution is 2.31. The van der Waals surface area contributed by atoms with Crippen molar-refractivity contribution in [1.29, 1.82) is 0 Å². The summed E-state index contributed by atoms with van der Waals surface area (Å²) in [5.41, 5.74) is 3.44. The van der Waals surface area contributed by atoms with E-state index in [9.17, 15) is 9.90 Å². The van der Waals surface area contributed by atoms with E-state index in [2.05, 4.69) is 4.98 Å². The number of carboxylic acids is 1. The molecule has 2 aromatic rings. The fourth-order valence-electron chi connectivity index (χ4n) is 2.23. The Hall–Kier alpha value is -2.56. The highest BCUT2D eigenvalue weighted by Gasteiger charge is 2.17. The first-order valence-electron chi connectivity index (χ1n) is 6.42. The Bertz CT molecular complexity index is 695. The molecule has 1 N–H and O–H groups in total. The molecule has 0 spiro atoms. The van der Waals surface area contributed by atoms with Gasteiger partial charge in [0.05, 0.1) is 14.2 Å². The number of carbonyl (C=O) groups is 1. The first kappa shape index (κ1) is 14.8. The van der Waals surface area contributed by atoms with Crippen LogP contribution in [0.3, 0.4) is 0 Å². The molecule has 0 aliphatic heterocycles. The lowest BCUT2D eigenvalue weighted by atomic mass is 9.98. The highest BCUT2D eigenvalue weighted by atomic mass is 16.5. The Morgan fingerprint density at radius 1 is 1.10 bits per heavy atom. The van der Waals surface area contributed by atoms with Gasteiger partial charge in [-0.05, 0) is 43.2 Å². The minimum absolute atomic E-state index is 0.0494. The van der Waals surface area contributed by atoms with Crippen LogP contribution >= 0.6 is 0 Å². The molecule has 0 aliphatic rings. The molecular weight excluding hydrogens is 270 g/mol. The van der Waals surface area contributed by atoms with E-state index in [-0.39, 0.29) is 11.4 Å². The minimum atomic E-state index is -1.06. The molecule has 0 bridgehead atoms. The van der Waals surface area contributed by atoms with Gasteiger partial charge in [0.2, 0.25) is 5.88 Å². The van der Waals surface area contributed by atoms with Crippen LogP contribution in [0.5, 0.6) is 11.6 Å². The van der Waals surface area contributed by atoms with E-state index < -0.39 is 5.97 Å². The maximum absolute atomic E-state index is 11.3. The standard InChI is InChI=1S/C16H17NO4/c1-9-7-11(20-3)5-6-12(9)13-8-14(16(18)19)15(21-4)17-10(13)2/h5-8H,1-4H3,(H,18,19). The van der Waals surface area contributed by atoms with E-state index in [0.29, 0.717) is 5.69 Å². The van der Waals surface area contributed by atoms with Gasteiger partial charge in [0, 0.05) is 11.3 Å². The maximum Gasteiger partial charge on any atom is 0.341 e. The van der Waals surface area contributed by atoms with Crippen molar-refractivity contribution in [2.75, 3.05) is 14.2 Å². The zero-order valence-electron chi connectivity index (χ0n) is 12.4. The van der Waals surface area contributed by atoms with Gasteiger partial charge in [0.1, 0.15) is 11.3 Å². The van der Waals surface area contributed by atoms with Crippen LogP contribution in [-0.2, 0) is 0 Å². The number of ether oxygens (including phenoxy) is 2. The monoisotopic (exact) mass is 287 g/mol. The molecule has 0 aliphatic carbocycles. The van der Waals surface area contributed by atoms with Crippen LogP contribution in [0.4, 0.5) is 0 Å². The van der Waals surface area contributed by atoms with Crippen LogP contribution < -0.4 is 9.47 Å². The van der Waals surface area contributed by atoms with Crippen LogP contribution in [0.1, 0.15) is 21.6 Å². The fraction of sp³-hybridized carbons (Fsp3) is 0.250. The van der Waals surface area contributed by atoms with Crippen molar-refractivity contribution in [3.63, 3.8) is 0 Å². The first-order valence-corrected chi connectivity index (χ1v) is 6.42. The smallest absolute Gasteiger partial charge is 0.341 e. The third-order valence-electron chi connectivity index (χ3n) is 3.33. The number of hydrogen-bond donors (Lipinski definition) is 1. The molecule has 1 aromatic carbocycles. The van der Waals surface area contributed by atoms with Crippen LogP contribution in [0.2, 0.25) is 0 Å². The van der Waals surface area contributed by atoms with E-state index in [1.165, 1.54) is 7.11 Å². The van der Waals surface area contributed by atoms with Gasteiger partial charge in [-0.1, -0.05) is 6.07 Å². The summed E-state index contributed by atoms with van der Waals surface area (Å²) in [7, 11) is 3.02. The lowest BCUT2D eigenvalue weighted by Gasteiger charge is -2.13. The molecule has 5 nitrogen and oxygen atoms in total. The van der Waals surface area contributed by atoms with Crippen molar-refractivity contribution in [2.24, 2.45) is 0 Å². The Balaban J connectivity index is 2.64. The van der Waals surface area contributed by atoms with Gasteiger partial charge in [-0.15, -0.1) is 0 Å². The molecule has 110 valence electrons. The Kier molecular flexibility index (Phi) is 4.12. The number of nitrogens with zero attached hydrogens (tertiary/aromatic N) is 1. The predicted octanol–water partition coefficient (Wildman–Crippen LogP) is 3.08. The largest absolute Gasteiger partial charge is 0.497 e. The average molecular weight is 287 g/mol. The molecule has 0 fully saturated rings. The number of methoxy groups -OCH3 is 2. The van der Waals surface area contributed by atoms with Gasteiger partial charge < -0.3 is 14.6 Å². The molecule has 1 aromatic heterocycles. The topological polar surface area (TPSA) is 68.7 Å². The summed E-state index contributed by atoms with van der Waals surface area (Å²) in [5, 5.41) is 9.27. The third-order valence-corrected chi connectivity index (χ3v) is 3.33. The van der Waals surface area contributed by atoms with E-state index in [1.807, 2.05) is 32.0 Å². The van der Waals surface area contributed by atoms with Gasteiger partial charge in [-0.25, -0.2) is 9.78 Å². The van der Waals surface area contributed by atoms with Crippen molar-refractivity contribution in [2.45, 2.75) is 13.8 Å². The van der Waals surface area contributed by atoms with Gasteiger partial charge in [-0.3, -0.25) is 0 Å². The Morgan fingerprint density at radius 2 is 1.81 bits per heavy atom. The van der Waals surface area contributed by atoms with Gasteiger partial charge >= 0.3 is 5.97 Å². The second-order valence-electron chi connectivity index (χ2n) is 4.66. The number of aryl methyl sites for hydroxylation is 2. The summed E-state index contributed by atoms with van der Waals surface area (Å²) < 4.78 is 10.2. The molecule has 21 heavy (non-hydrogen) atoms. The molecule has 0 atom stereocenters. The molecule has 1 heterocycles. The first-order chi connectivity index (χ1) is 9.97. The van der Waals surface area contributed by atoms with E-state index in [4.69, 9.17) is 9.47 Å². The molecule has 2 rings (SSSR count). The van der Waals surface area contributed by atoms with E-state index in [0.717, 1.165) is 22.4 Å². The number of aromatic carboxylic acids is 1. The second kappa shape index (κ2) is 5.83. The van der Waals surface area contributed by atoms with Gasteiger partial charge in [0.25, 0.3) is 0 Å². The number of carboxylic acid groups (broad SMARTS) is 1. The number of aromatic nitrogens is 1. The zero-order chi connectivity index (χ0) is 15.6. The zero-order valence-corrected chi connectivity index (χ0v) is 12.4. The summed E-state index contributed by atoms with van der Waals surface area (Å²) in [5.74, 6) is -0.185. The molecule has 5 heteroatoms. The third kappa shape index (κ3) is 2.81. The van der Waals surface area contributed by atoms with E-state index >= 15 is 0 Å². The summed E-state index contributed by atoms with van der Waals surface area (Å²) in [6, 6.07) is 7.24. The summed E-state index contributed by atoms with van der Waals surface area (Å²) in [4.78, 5) is 15.6. The normalized spacial score (nSPS) is 10.3. The summed E-state index contributed by atoms with van der Waals surface area (Å²) in [6.07, 6.45) is 0. The lowest BCUT2D eigenvalue weighted by Crippen LogP contribution is -2.05. The highest BCUT2D eigenvalue weighted by molar-refractivity contribution is 5.92. The van der Waals surface area contributed by atoms with Crippen molar-refractivity contribution in [3.8, 4) is 22.8 Å². The Morgan fingerprint density at radius 3 is 2.33 bits per heavy atom. The molecule has 0 unspecified atom stereocenters.